The Bertz CT molecular complexity index is 988. The first-order valence-electron chi connectivity index (χ1n) is 8.70. The zero-order valence-electron chi connectivity index (χ0n) is 15.3. The predicted octanol–water partition coefficient (Wildman–Crippen LogP) is 2.72. The average Bonchev–Trinajstić information content (AvgIpc) is 3.16. The third-order valence-corrected chi connectivity index (χ3v) is 3.89. The van der Waals surface area contributed by atoms with E-state index in [1.807, 2.05) is 42.6 Å². The van der Waals surface area contributed by atoms with Gasteiger partial charge >= 0.3 is 0 Å². The van der Waals surface area contributed by atoms with Gasteiger partial charge < -0.3 is 4.74 Å². The number of benzene rings is 2. The van der Waals surface area contributed by atoms with E-state index in [9.17, 15) is 4.79 Å². The van der Waals surface area contributed by atoms with E-state index in [0.29, 0.717) is 17.9 Å². The third kappa shape index (κ3) is 5.29. The van der Waals surface area contributed by atoms with E-state index >= 15 is 0 Å². The molecule has 0 aliphatic rings. The summed E-state index contributed by atoms with van der Waals surface area (Å²) in [4.78, 5) is 12.1. The van der Waals surface area contributed by atoms with Crippen molar-refractivity contribution in [3.05, 3.63) is 83.7 Å². The van der Waals surface area contributed by atoms with Crippen molar-refractivity contribution in [3.8, 4) is 11.8 Å². The highest BCUT2D eigenvalue weighted by atomic mass is 16.5. The van der Waals surface area contributed by atoms with Crippen molar-refractivity contribution >= 4 is 12.1 Å². The highest BCUT2D eigenvalue weighted by Gasteiger charge is 2.13. The molecule has 0 spiro atoms. The van der Waals surface area contributed by atoms with Crippen molar-refractivity contribution in [2.75, 3.05) is 0 Å². The number of hydrogen-bond donors (Lipinski definition) is 1. The molecule has 1 aromatic heterocycles. The van der Waals surface area contributed by atoms with Gasteiger partial charge in [0.2, 0.25) is 0 Å². The Morgan fingerprint density at radius 2 is 2.04 bits per heavy atom. The van der Waals surface area contributed by atoms with E-state index in [4.69, 9.17) is 10.00 Å². The summed E-state index contributed by atoms with van der Waals surface area (Å²) >= 11 is 0. The average molecular weight is 373 g/mol. The van der Waals surface area contributed by atoms with Gasteiger partial charge in [-0.25, -0.2) is 5.43 Å². The molecule has 7 nitrogen and oxygen atoms in total. The number of ether oxygens (including phenoxy) is 1. The molecular formula is C21H19N5O2. The fourth-order valence-electron chi connectivity index (χ4n) is 2.43. The second-order valence-electron chi connectivity index (χ2n) is 6.09. The molecule has 0 radical (unpaired) electrons. The number of aromatic nitrogens is 2. The van der Waals surface area contributed by atoms with Gasteiger partial charge in [0, 0.05) is 11.8 Å². The molecule has 0 fully saturated rings. The highest BCUT2D eigenvalue weighted by Crippen LogP contribution is 2.13. The van der Waals surface area contributed by atoms with Crippen LogP contribution in [-0.4, -0.2) is 28.0 Å². The van der Waals surface area contributed by atoms with Crippen LogP contribution < -0.4 is 10.2 Å². The molecule has 28 heavy (non-hydrogen) atoms. The minimum atomic E-state index is -0.731. The molecule has 140 valence electrons. The Morgan fingerprint density at radius 3 is 2.75 bits per heavy atom. The zero-order chi connectivity index (χ0) is 19.8. The van der Waals surface area contributed by atoms with Gasteiger partial charge in [-0.3, -0.25) is 9.48 Å². The molecule has 7 heteroatoms. The lowest BCUT2D eigenvalue weighted by Crippen LogP contribution is -2.33. The summed E-state index contributed by atoms with van der Waals surface area (Å²) in [5, 5.41) is 17.0. The van der Waals surface area contributed by atoms with Crippen LogP contribution in [0.5, 0.6) is 5.75 Å². The summed E-state index contributed by atoms with van der Waals surface area (Å²) in [6.07, 6.45) is 4.32. The van der Waals surface area contributed by atoms with E-state index in [-0.39, 0.29) is 5.91 Å². The molecule has 2 aromatic carbocycles. The van der Waals surface area contributed by atoms with Crippen LogP contribution >= 0.6 is 0 Å². The molecule has 3 rings (SSSR count). The quantitative estimate of drug-likeness (QED) is 0.509. The van der Waals surface area contributed by atoms with E-state index in [2.05, 4.69) is 15.6 Å². The summed E-state index contributed by atoms with van der Waals surface area (Å²) in [5.74, 6) is 0.130. The number of nitrogens with one attached hydrogen (secondary N) is 1. The molecular weight excluding hydrogens is 354 g/mol. The summed E-state index contributed by atoms with van der Waals surface area (Å²) in [6, 6.07) is 18.6. The van der Waals surface area contributed by atoms with Gasteiger partial charge in [0.15, 0.2) is 6.10 Å². The van der Waals surface area contributed by atoms with Crippen LogP contribution in [0.4, 0.5) is 0 Å². The number of hydrazone groups is 1. The van der Waals surface area contributed by atoms with Crippen LogP contribution in [0.3, 0.4) is 0 Å². The number of amides is 1. The molecule has 1 amide bonds. The fraction of sp³-hybridized carbons (Fsp3) is 0.143. The maximum atomic E-state index is 12.1. The Kier molecular flexibility index (Phi) is 6.16. The molecule has 3 aromatic rings. The van der Waals surface area contributed by atoms with Gasteiger partial charge in [-0.15, -0.1) is 0 Å². The number of carbonyl (C=O) groups excluding carboxylic acids is 1. The topological polar surface area (TPSA) is 92.3 Å². The first-order valence-corrected chi connectivity index (χ1v) is 8.70. The van der Waals surface area contributed by atoms with E-state index < -0.39 is 6.10 Å². The largest absolute Gasteiger partial charge is 0.481 e. The van der Waals surface area contributed by atoms with E-state index in [0.717, 1.165) is 11.1 Å². The summed E-state index contributed by atoms with van der Waals surface area (Å²) < 4.78 is 7.34. The minimum absolute atomic E-state index is 0.378. The van der Waals surface area contributed by atoms with Crippen LogP contribution in [0.2, 0.25) is 0 Å². The van der Waals surface area contributed by atoms with Gasteiger partial charge in [-0.2, -0.15) is 15.5 Å². The summed E-state index contributed by atoms with van der Waals surface area (Å²) in [6.45, 7) is 2.29. The Hall–Kier alpha value is -3.92. The normalized spacial score (nSPS) is 11.7. The smallest absolute Gasteiger partial charge is 0.280 e. The van der Waals surface area contributed by atoms with Crippen LogP contribution in [-0.2, 0) is 11.3 Å². The molecule has 1 atom stereocenters. The lowest BCUT2D eigenvalue weighted by molar-refractivity contribution is -0.127. The van der Waals surface area contributed by atoms with Crippen molar-refractivity contribution < 1.29 is 9.53 Å². The van der Waals surface area contributed by atoms with E-state index in [1.165, 1.54) is 6.21 Å². The second-order valence-corrected chi connectivity index (χ2v) is 6.09. The second kappa shape index (κ2) is 9.14. The molecule has 0 aliphatic heterocycles. The van der Waals surface area contributed by atoms with Crippen LogP contribution in [0.1, 0.15) is 23.6 Å². The first-order chi connectivity index (χ1) is 13.6. The van der Waals surface area contributed by atoms with Crippen LogP contribution in [0.25, 0.3) is 0 Å². The lowest BCUT2D eigenvalue weighted by Gasteiger charge is -2.12. The monoisotopic (exact) mass is 373 g/mol. The molecule has 0 saturated carbocycles. The standard InChI is InChI=1S/C21H19N5O2/c1-16(28-20-9-7-17(11-22)8-10-20)21(27)25-23-12-19-13-24-26(15-19)14-18-5-3-2-4-6-18/h2-10,12-13,15-16H,14H2,1H3,(H,25,27)/b23-12-/t16-/m1/s1. The maximum Gasteiger partial charge on any atom is 0.280 e. The molecule has 1 heterocycles. The minimum Gasteiger partial charge on any atom is -0.481 e. The molecule has 1 N–H and O–H groups in total. The number of nitriles is 1. The van der Waals surface area contributed by atoms with Gasteiger partial charge in [-0.05, 0) is 36.8 Å². The Morgan fingerprint density at radius 1 is 1.29 bits per heavy atom. The maximum absolute atomic E-state index is 12.1. The van der Waals surface area contributed by atoms with Crippen molar-refractivity contribution in [1.82, 2.24) is 15.2 Å². The molecule has 0 bridgehead atoms. The summed E-state index contributed by atoms with van der Waals surface area (Å²) in [7, 11) is 0. The highest BCUT2D eigenvalue weighted by molar-refractivity contribution is 5.84. The van der Waals surface area contributed by atoms with Crippen LogP contribution in [0.15, 0.2) is 72.1 Å². The number of carbonyl (C=O) groups is 1. The lowest BCUT2D eigenvalue weighted by atomic mass is 10.2. The first kappa shape index (κ1) is 18.9. The summed E-state index contributed by atoms with van der Waals surface area (Å²) in [5.41, 5.74) is 4.90. The van der Waals surface area contributed by atoms with Gasteiger partial charge in [0.25, 0.3) is 5.91 Å². The van der Waals surface area contributed by atoms with Crippen molar-refractivity contribution in [2.45, 2.75) is 19.6 Å². The number of nitrogens with zero attached hydrogens (tertiary/aromatic N) is 4. The number of rotatable bonds is 7. The van der Waals surface area contributed by atoms with Crippen molar-refractivity contribution in [1.29, 1.82) is 5.26 Å². The van der Waals surface area contributed by atoms with Gasteiger partial charge in [0.1, 0.15) is 5.75 Å². The Labute approximate surface area is 162 Å². The van der Waals surface area contributed by atoms with Gasteiger partial charge in [-0.1, -0.05) is 30.3 Å². The Balaban J connectivity index is 1.49. The zero-order valence-corrected chi connectivity index (χ0v) is 15.3. The van der Waals surface area contributed by atoms with Crippen molar-refractivity contribution in [2.24, 2.45) is 5.10 Å². The van der Waals surface area contributed by atoms with Crippen molar-refractivity contribution in [3.63, 3.8) is 0 Å². The fourth-order valence-corrected chi connectivity index (χ4v) is 2.43. The van der Waals surface area contributed by atoms with Gasteiger partial charge in [0.05, 0.1) is 30.6 Å². The molecule has 0 saturated heterocycles. The third-order valence-electron chi connectivity index (χ3n) is 3.89. The predicted molar refractivity (Wildman–Crippen MR) is 105 cm³/mol. The molecule has 0 aliphatic carbocycles. The molecule has 0 unspecified atom stereocenters. The number of hydrogen-bond acceptors (Lipinski definition) is 5. The van der Waals surface area contributed by atoms with E-state index in [1.54, 1.807) is 42.1 Å². The SMILES string of the molecule is C[C@@H](Oc1ccc(C#N)cc1)C(=O)N/N=C\c1cnn(Cc2ccccc2)c1. The van der Waals surface area contributed by atoms with Crippen LogP contribution in [0, 0.1) is 11.3 Å².